The molecule has 1 heterocycles. The first-order valence-corrected chi connectivity index (χ1v) is 5.95. The maximum Gasteiger partial charge on any atom is 0.0775 e. The van der Waals surface area contributed by atoms with Crippen LogP contribution in [0.5, 0.6) is 0 Å². The summed E-state index contributed by atoms with van der Waals surface area (Å²) in [5.74, 6) is 0. The van der Waals surface area contributed by atoms with Crippen LogP contribution < -0.4 is 5.32 Å². The minimum atomic E-state index is -0.314. The van der Waals surface area contributed by atoms with E-state index in [0.29, 0.717) is 0 Å². The lowest BCUT2D eigenvalue weighted by Gasteiger charge is -2.17. The van der Waals surface area contributed by atoms with Crippen molar-refractivity contribution in [1.29, 1.82) is 0 Å². The van der Waals surface area contributed by atoms with Gasteiger partial charge in [0.1, 0.15) is 0 Å². The second kappa shape index (κ2) is 4.35. The van der Waals surface area contributed by atoms with Crippen molar-refractivity contribution in [3.63, 3.8) is 0 Å². The molecule has 3 nitrogen and oxygen atoms in total. The molecule has 1 aromatic heterocycles. The van der Waals surface area contributed by atoms with E-state index in [1.165, 1.54) is 16.7 Å². The molecule has 0 saturated carbocycles. The van der Waals surface area contributed by atoms with Crippen molar-refractivity contribution >= 4 is 0 Å². The normalized spacial score (nSPS) is 22.6. The molecule has 0 aliphatic heterocycles. The van der Waals surface area contributed by atoms with Crippen LogP contribution in [0, 0.1) is 0 Å². The summed E-state index contributed by atoms with van der Waals surface area (Å²) >= 11 is 0. The molecule has 3 N–H and O–H groups in total. The first-order chi connectivity index (χ1) is 8.34. The van der Waals surface area contributed by atoms with Gasteiger partial charge in [-0.05, 0) is 22.8 Å². The summed E-state index contributed by atoms with van der Waals surface area (Å²) in [7, 11) is 0. The highest BCUT2D eigenvalue weighted by molar-refractivity contribution is 5.36. The Balaban J connectivity index is 1.75. The van der Waals surface area contributed by atoms with E-state index in [0.717, 1.165) is 13.0 Å². The predicted molar refractivity (Wildman–Crippen MR) is 66.5 cm³/mol. The second-order valence-corrected chi connectivity index (χ2v) is 4.55. The lowest BCUT2D eigenvalue weighted by Crippen LogP contribution is -2.28. The van der Waals surface area contributed by atoms with Crippen molar-refractivity contribution in [2.24, 2.45) is 0 Å². The van der Waals surface area contributed by atoms with Gasteiger partial charge in [0.25, 0.3) is 0 Å². The van der Waals surface area contributed by atoms with Gasteiger partial charge in [-0.3, -0.25) is 0 Å². The van der Waals surface area contributed by atoms with Crippen molar-refractivity contribution in [2.45, 2.75) is 25.1 Å². The zero-order chi connectivity index (χ0) is 11.7. The van der Waals surface area contributed by atoms with Crippen molar-refractivity contribution in [3.05, 3.63) is 59.4 Å². The highest BCUT2D eigenvalue weighted by atomic mass is 16.3. The fourth-order valence-corrected chi connectivity index (χ4v) is 2.52. The molecule has 1 aliphatic rings. The zero-order valence-electron chi connectivity index (χ0n) is 9.56. The van der Waals surface area contributed by atoms with Gasteiger partial charge in [0.05, 0.1) is 12.1 Å². The Morgan fingerprint density at radius 3 is 3.00 bits per heavy atom. The molecule has 1 aliphatic carbocycles. The molecule has 0 bridgehead atoms. The van der Waals surface area contributed by atoms with E-state index in [4.69, 9.17) is 0 Å². The maximum absolute atomic E-state index is 10.1. The average molecular weight is 228 g/mol. The van der Waals surface area contributed by atoms with Crippen molar-refractivity contribution < 1.29 is 5.11 Å². The molecular formula is C14H16N2O. The molecule has 88 valence electrons. The molecule has 3 heteroatoms. The van der Waals surface area contributed by atoms with Gasteiger partial charge in [-0.1, -0.05) is 24.3 Å². The Morgan fingerprint density at radius 1 is 1.29 bits per heavy atom. The minimum Gasteiger partial charge on any atom is -0.391 e. The quantitative estimate of drug-likeness (QED) is 0.749. The van der Waals surface area contributed by atoms with Gasteiger partial charge in [-0.2, -0.15) is 0 Å². The van der Waals surface area contributed by atoms with Crippen LogP contribution in [-0.2, 0) is 13.0 Å². The fourth-order valence-electron chi connectivity index (χ4n) is 2.52. The standard InChI is InChI=1S/C14H16N2O/c17-13-7-11-3-1-2-4-12(11)14(13)16-9-10-5-6-15-8-10/h1-6,8,13-17H,7,9H2/t13-,14+/m0/s1. The topological polar surface area (TPSA) is 48.0 Å². The van der Waals surface area contributed by atoms with E-state index >= 15 is 0 Å². The van der Waals surface area contributed by atoms with E-state index in [1.54, 1.807) is 0 Å². The van der Waals surface area contributed by atoms with Crippen LogP contribution in [-0.4, -0.2) is 16.2 Å². The number of aromatic amines is 1. The highest BCUT2D eigenvalue weighted by Crippen LogP contribution is 2.31. The van der Waals surface area contributed by atoms with Gasteiger partial charge in [-0.25, -0.2) is 0 Å². The molecule has 0 radical (unpaired) electrons. The van der Waals surface area contributed by atoms with Crippen LogP contribution in [0.4, 0.5) is 0 Å². The number of rotatable bonds is 3. The van der Waals surface area contributed by atoms with Gasteiger partial charge < -0.3 is 15.4 Å². The number of aromatic nitrogens is 1. The van der Waals surface area contributed by atoms with Crippen LogP contribution in [0.15, 0.2) is 42.7 Å². The summed E-state index contributed by atoms with van der Waals surface area (Å²) in [5, 5.41) is 13.5. The fraction of sp³-hybridized carbons (Fsp3) is 0.286. The lowest BCUT2D eigenvalue weighted by atomic mass is 10.1. The molecule has 2 aromatic rings. The third-order valence-corrected chi connectivity index (χ3v) is 3.39. The van der Waals surface area contributed by atoms with Crippen LogP contribution in [0.1, 0.15) is 22.7 Å². The largest absolute Gasteiger partial charge is 0.391 e. The number of nitrogens with one attached hydrogen (secondary N) is 2. The number of hydrogen-bond donors (Lipinski definition) is 3. The average Bonchev–Trinajstić information content (AvgIpc) is 2.93. The van der Waals surface area contributed by atoms with E-state index in [-0.39, 0.29) is 12.1 Å². The van der Waals surface area contributed by atoms with Gasteiger partial charge in [0.15, 0.2) is 0 Å². The van der Waals surface area contributed by atoms with E-state index < -0.39 is 0 Å². The van der Waals surface area contributed by atoms with Crippen molar-refractivity contribution in [2.75, 3.05) is 0 Å². The molecule has 0 saturated heterocycles. The summed E-state index contributed by atoms with van der Waals surface area (Å²) < 4.78 is 0. The summed E-state index contributed by atoms with van der Waals surface area (Å²) in [5.41, 5.74) is 3.70. The molecule has 0 amide bonds. The minimum absolute atomic E-state index is 0.0566. The molecule has 1 aromatic carbocycles. The van der Waals surface area contributed by atoms with Crippen molar-refractivity contribution in [1.82, 2.24) is 10.3 Å². The van der Waals surface area contributed by atoms with Crippen molar-refractivity contribution in [3.8, 4) is 0 Å². The molecular weight excluding hydrogens is 212 g/mol. The summed E-state index contributed by atoms with van der Waals surface area (Å²) in [6, 6.07) is 10.3. The highest BCUT2D eigenvalue weighted by Gasteiger charge is 2.29. The summed E-state index contributed by atoms with van der Waals surface area (Å²) in [6.07, 6.45) is 4.32. The molecule has 0 spiro atoms. The Bertz CT molecular complexity index is 493. The number of benzene rings is 1. The first kappa shape index (κ1) is 10.6. The van der Waals surface area contributed by atoms with Gasteiger partial charge >= 0.3 is 0 Å². The zero-order valence-corrected chi connectivity index (χ0v) is 9.56. The Hall–Kier alpha value is -1.58. The Labute approximate surface area is 100 Å². The lowest BCUT2D eigenvalue weighted by molar-refractivity contribution is 0.140. The molecule has 3 rings (SSSR count). The maximum atomic E-state index is 10.1. The molecule has 0 fully saturated rings. The van der Waals surface area contributed by atoms with Crippen LogP contribution in [0.25, 0.3) is 0 Å². The number of H-pyrrole nitrogens is 1. The number of hydrogen-bond acceptors (Lipinski definition) is 2. The predicted octanol–water partition coefficient (Wildman–Crippen LogP) is 1.76. The van der Waals surface area contributed by atoms with Gasteiger partial charge in [-0.15, -0.1) is 0 Å². The number of aliphatic hydroxyl groups is 1. The Kier molecular flexibility index (Phi) is 2.71. The molecule has 2 atom stereocenters. The SMILES string of the molecule is O[C@H]1Cc2ccccc2[C@H]1NCc1cc[nH]c1. The van der Waals surface area contributed by atoms with E-state index in [1.807, 2.05) is 30.6 Å². The molecule has 0 unspecified atom stereocenters. The Morgan fingerprint density at radius 2 is 2.18 bits per heavy atom. The first-order valence-electron chi connectivity index (χ1n) is 5.95. The number of fused-ring (bicyclic) bond motifs is 1. The number of aliphatic hydroxyl groups excluding tert-OH is 1. The van der Waals surface area contributed by atoms with Gasteiger partial charge in [0, 0.05) is 25.4 Å². The second-order valence-electron chi connectivity index (χ2n) is 4.55. The monoisotopic (exact) mass is 228 g/mol. The van der Waals surface area contributed by atoms with Crippen LogP contribution in [0.2, 0.25) is 0 Å². The van der Waals surface area contributed by atoms with Crippen LogP contribution in [0.3, 0.4) is 0 Å². The summed E-state index contributed by atoms with van der Waals surface area (Å²) in [4.78, 5) is 3.03. The van der Waals surface area contributed by atoms with Crippen LogP contribution >= 0.6 is 0 Å². The molecule has 17 heavy (non-hydrogen) atoms. The smallest absolute Gasteiger partial charge is 0.0775 e. The third-order valence-electron chi connectivity index (χ3n) is 3.39. The third kappa shape index (κ3) is 1.99. The summed E-state index contributed by atoms with van der Waals surface area (Å²) in [6.45, 7) is 0.777. The van der Waals surface area contributed by atoms with E-state index in [9.17, 15) is 5.11 Å². The van der Waals surface area contributed by atoms with E-state index in [2.05, 4.69) is 22.4 Å². The van der Waals surface area contributed by atoms with Gasteiger partial charge in [0.2, 0.25) is 0 Å².